The number of halogens is 1. The predicted molar refractivity (Wildman–Crippen MR) is 99.2 cm³/mol. The van der Waals surface area contributed by atoms with Crippen molar-refractivity contribution in [1.29, 1.82) is 0 Å². The largest absolute Gasteiger partial charge is 0.481 e. The molecule has 0 unspecified atom stereocenters. The van der Waals surface area contributed by atoms with E-state index in [1.165, 1.54) is 6.07 Å². The molecule has 0 fully saturated rings. The number of rotatable bonds is 8. The summed E-state index contributed by atoms with van der Waals surface area (Å²) in [5.41, 5.74) is 0.802. The number of benzene rings is 2. The van der Waals surface area contributed by atoms with Gasteiger partial charge in [-0.2, -0.15) is 0 Å². The highest BCUT2D eigenvalue weighted by atomic mass is 32.1. The van der Waals surface area contributed by atoms with E-state index < -0.39 is 23.4 Å². The molecular weight excluding hydrogens is 375 g/mol. The van der Waals surface area contributed by atoms with Gasteiger partial charge in [0, 0.05) is 6.07 Å². The van der Waals surface area contributed by atoms with Crippen molar-refractivity contribution < 1.29 is 23.7 Å². The van der Waals surface area contributed by atoms with Gasteiger partial charge in [-0.25, -0.2) is 19.3 Å². The second-order valence-corrected chi connectivity index (χ2v) is 5.71. The zero-order valence-electron chi connectivity index (χ0n) is 14.5. The van der Waals surface area contributed by atoms with Gasteiger partial charge in [-0.05, 0) is 24.6 Å². The van der Waals surface area contributed by atoms with Crippen LogP contribution < -0.4 is 4.74 Å². The van der Waals surface area contributed by atoms with Crippen LogP contribution in [0.4, 0.5) is 4.39 Å². The van der Waals surface area contributed by atoms with Crippen molar-refractivity contribution in [3.63, 3.8) is 0 Å². The maximum atomic E-state index is 13.6. The van der Waals surface area contributed by atoms with Crippen molar-refractivity contribution in [3.8, 4) is 5.75 Å². The summed E-state index contributed by atoms with van der Waals surface area (Å²) in [5.74, 6) is -1.35. The van der Waals surface area contributed by atoms with Crippen LogP contribution in [0.3, 0.4) is 0 Å². The summed E-state index contributed by atoms with van der Waals surface area (Å²) in [6, 6.07) is 12.1. The zero-order valence-corrected chi connectivity index (χ0v) is 15.3. The first-order valence-corrected chi connectivity index (χ1v) is 8.41. The Morgan fingerprint density at radius 1 is 1.26 bits per heavy atom. The Labute approximate surface area is 160 Å². The molecule has 0 aliphatic heterocycles. The van der Waals surface area contributed by atoms with E-state index in [0.29, 0.717) is 5.56 Å². The van der Waals surface area contributed by atoms with Crippen LogP contribution in [-0.2, 0) is 16.1 Å². The average Bonchev–Trinajstić information content (AvgIpc) is 2.65. The fraction of sp³-hybridized carbons (Fsp3) is 0.222. The van der Waals surface area contributed by atoms with E-state index in [0.717, 1.165) is 17.1 Å². The van der Waals surface area contributed by atoms with Gasteiger partial charge in [0.2, 0.25) is 0 Å². The molecule has 7 nitrogen and oxygen atoms in total. The number of nitrogens with zero attached hydrogens (tertiary/aromatic N) is 2. The molecule has 0 saturated carbocycles. The predicted octanol–water partition coefficient (Wildman–Crippen LogP) is 3.14. The van der Waals surface area contributed by atoms with E-state index >= 15 is 0 Å². The Hall–Kier alpha value is -3.07. The van der Waals surface area contributed by atoms with Crippen LogP contribution in [0.15, 0.2) is 48.5 Å². The van der Waals surface area contributed by atoms with E-state index in [1.807, 2.05) is 0 Å². The first-order valence-electron chi connectivity index (χ1n) is 8.00. The Bertz CT molecular complexity index is 832. The molecule has 0 N–H and O–H groups in total. The molecule has 0 amide bonds. The maximum absolute atomic E-state index is 13.6. The number of hydrogen-bond donors (Lipinski definition) is 0. The topological polar surface area (TPSA) is 81.9 Å². The molecule has 0 spiro atoms. The monoisotopic (exact) mass is 392 g/mol. The lowest BCUT2D eigenvalue weighted by molar-refractivity contribution is -0.631. The third-order valence-electron chi connectivity index (χ3n) is 3.43. The molecule has 27 heavy (non-hydrogen) atoms. The van der Waals surface area contributed by atoms with Gasteiger partial charge in [0.05, 0.1) is 12.2 Å². The van der Waals surface area contributed by atoms with Gasteiger partial charge in [0.1, 0.15) is 18.1 Å². The second kappa shape index (κ2) is 9.58. The van der Waals surface area contributed by atoms with E-state index in [2.05, 4.69) is 0 Å². The van der Waals surface area contributed by atoms with E-state index in [4.69, 9.17) is 21.7 Å². The Morgan fingerprint density at radius 3 is 2.59 bits per heavy atom. The minimum atomic E-state index is -0.645. The highest BCUT2D eigenvalue weighted by molar-refractivity contribution is 7.80. The Balaban J connectivity index is 2.26. The van der Waals surface area contributed by atoms with Crippen molar-refractivity contribution in [2.75, 3.05) is 13.2 Å². The van der Waals surface area contributed by atoms with Crippen molar-refractivity contribution in [3.05, 3.63) is 75.6 Å². The first kappa shape index (κ1) is 20.2. The smallest absolute Gasteiger partial charge is 0.344 e. The average molecular weight is 392 g/mol. The number of ether oxygens (including phenoxy) is 2. The lowest BCUT2D eigenvalue weighted by Crippen LogP contribution is -2.35. The van der Waals surface area contributed by atoms with E-state index in [1.54, 1.807) is 37.3 Å². The molecule has 2 aromatic rings. The lowest BCUT2D eigenvalue weighted by Gasteiger charge is -2.17. The molecule has 0 heterocycles. The first-order chi connectivity index (χ1) is 12.9. The molecule has 0 atom stereocenters. The summed E-state index contributed by atoms with van der Waals surface area (Å²) in [4.78, 5) is 22.8. The zero-order chi connectivity index (χ0) is 19.8. The van der Waals surface area contributed by atoms with Crippen LogP contribution in [0.2, 0.25) is 0 Å². The van der Waals surface area contributed by atoms with Crippen LogP contribution in [0, 0.1) is 15.9 Å². The summed E-state index contributed by atoms with van der Waals surface area (Å²) < 4.78 is 23.6. The molecule has 0 aliphatic rings. The quantitative estimate of drug-likeness (QED) is 0.295. The van der Waals surface area contributed by atoms with E-state index in [9.17, 15) is 19.3 Å². The highest BCUT2D eigenvalue weighted by Crippen LogP contribution is 2.23. The Kier molecular flexibility index (Phi) is 7.18. The van der Waals surface area contributed by atoms with Crippen LogP contribution >= 0.6 is 12.2 Å². The van der Waals surface area contributed by atoms with Gasteiger partial charge < -0.3 is 9.47 Å². The van der Waals surface area contributed by atoms with Crippen LogP contribution in [-0.4, -0.2) is 34.2 Å². The fourth-order valence-electron chi connectivity index (χ4n) is 2.23. The van der Waals surface area contributed by atoms with Crippen LogP contribution in [0.5, 0.6) is 5.75 Å². The maximum Gasteiger partial charge on any atom is 0.344 e. The number of esters is 1. The van der Waals surface area contributed by atoms with Gasteiger partial charge in [0.25, 0.3) is 0 Å². The van der Waals surface area contributed by atoms with Crippen LogP contribution in [0.1, 0.15) is 18.1 Å². The molecule has 0 aliphatic carbocycles. The summed E-state index contributed by atoms with van der Waals surface area (Å²) in [6.45, 7) is 1.26. The van der Waals surface area contributed by atoms with Crippen molar-refractivity contribution in [2.45, 2.75) is 13.5 Å². The van der Waals surface area contributed by atoms with Crippen molar-refractivity contribution in [2.24, 2.45) is 0 Å². The lowest BCUT2D eigenvalue weighted by atomic mass is 10.1. The minimum absolute atomic E-state index is 0.0760. The number of carbonyl (C=O) groups excluding carboxylic acids is 1. The molecule has 2 aromatic carbocycles. The number of thiocarbonyl (C=S) groups is 1. The van der Waals surface area contributed by atoms with Crippen molar-refractivity contribution >= 4 is 23.2 Å². The summed E-state index contributed by atoms with van der Waals surface area (Å²) in [6.07, 6.45) is 0. The van der Waals surface area contributed by atoms with E-state index in [-0.39, 0.29) is 29.5 Å². The SMILES string of the molecule is CCOC(=O)COc1cc(F)ccc1C(=S)N(Cc1ccccc1)[N+](=O)[O-]. The molecule has 0 bridgehead atoms. The van der Waals surface area contributed by atoms with Gasteiger partial charge in [-0.3, -0.25) is 0 Å². The summed E-state index contributed by atoms with van der Waals surface area (Å²) in [5, 5.41) is 11.6. The third-order valence-corrected chi connectivity index (χ3v) is 3.86. The normalized spacial score (nSPS) is 10.1. The Morgan fingerprint density at radius 2 is 1.96 bits per heavy atom. The van der Waals surface area contributed by atoms with Crippen LogP contribution in [0.25, 0.3) is 0 Å². The minimum Gasteiger partial charge on any atom is -0.481 e. The fourth-order valence-corrected chi connectivity index (χ4v) is 2.53. The molecule has 0 aromatic heterocycles. The standard InChI is InChI=1S/C18H17FN2O5S/c1-2-25-17(22)12-26-16-10-14(19)8-9-15(16)18(27)20(21(23)24)11-13-6-4-3-5-7-13/h3-10H,2,11-12H2,1H3. The molecule has 0 radical (unpaired) electrons. The molecule has 0 saturated heterocycles. The van der Waals surface area contributed by atoms with Gasteiger partial charge >= 0.3 is 5.97 Å². The number of carbonyl (C=O) groups is 1. The van der Waals surface area contributed by atoms with Gasteiger partial charge in [-0.15, -0.1) is 0 Å². The number of hydrogen-bond acceptors (Lipinski definition) is 6. The number of nitro groups is 1. The van der Waals surface area contributed by atoms with Gasteiger partial charge in [-0.1, -0.05) is 47.6 Å². The molecular formula is C18H17FN2O5S. The third kappa shape index (κ3) is 5.71. The van der Waals surface area contributed by atoms with Gasteiger partial charge in [0.15, 0.2) is 16.6 Å². The van der Waals surface area contributed by atoms with Crippen molar-refractivity contribution in [1.82, 2.24) is 5.01 Å². The molecule has 2 rings (SSSR count). The molecule has 142 valence electrons. The number of hydrazine groups is 1. The summed E-state index contributed by atoms with van der Waals surface area (Å²) >= 11 is 5.24. The highest BCUT2D eigenvalue weighted by Gasteiger charge is 2.25. The molecule has 9 heteroatoms. The summed E-state index contributed by atoms with van der Waals surface area (Å²) in [7, 11) is 0. The second-order valence-electron chi connectivity index (χ2n) is 5.32.